The Balaban J connectivity index is 4.30. The fraction of sp³-hybridized carbons (Fsp3) is 0.950. The van der Waals surface area contributed by atoms with Crippen molar-refractivity contribution < 1.29 is 28.6 Å². The van der Waals surface area contributed by atoms with E-state index < -0.39 is 6.10 Å². The molecule has 0 aliphatic carbocycles. The van der Waals surface area contributed by atoms with Crippen LogP contribution in [0, 0.1) is 11.8 Å². The lowest BCUT2D eigenvalue weighted by Crippen LogP contribution is -2.30. The first-order valence-corrected chi connectivity index (χ1v) is 29.8. The number of hydrogen-bond donors (Lipinski definition) is 0. The Labute approximate surface area is 412 Å². The van der Waals surface area contributed by atoms with E-state index in [1.165, 1.54) is 225 Å². The summed E-state index contributed by atoms with van der Waals surface area (Å²) in [6.45, 7) is 11.4. The summed E-state index contributed by atoms with van der Waals surface area (Å²) < 4.78 is 16.9. The van der Waals surface area contributed by atoms with Gasteiger partial charge in [0, 0.05) is 19.3 Å². The molecule has 0 heterocycles. The van der Waals surface area contributed by atoms with E-state index in [9.17, 15) is 14.4 Å². The Morgan fingerprint density at radius 3 is 0.864 bits per heavy atom. The molecule has 6 heteroatoms. The molecule has 0 aromatic carbocycles. The van der Waals surface area contributed by atoms with Crippen LogP contribution in [-0.4, -0.2) is 37.2 Å². The van der Waals surface area contributed by atoms with E-state index in [4.69, 9.17) is 14.2 Å². The highest BCUT2D eigenvalue weighted by atomic mass is 16.6. The number of rotatable bonds is 54. The Morgan fingerprint density at radius 1 is 0.318 bits per heavy atom. The number of carbonyl (C=O) groups is 3. The van der Waals surface area contributed by atoms with Gasteiger partial charge in [-0.1, -0.05) is 298 Å². The molecule has 0 saturated heterocycles. The van der Waals surface area contributed by atoms with Gasteiger partial charge in [0.1, 0.15) is 13.2 Å². The topological polar surface area (TPSA) is 78.9 Å². The quantitative estimate of drug-likeness (QED) is 0.0343. The van der Waals surface area contributed by atoms with Gasteiger partial charge in [0.2, 0.25) is 0 Å². The summed E-state index contributed by atoms with van der Waals surface area (Å²) in [7, 11) is 0. The van der Waals surface area contributed by atoms with Crippen LogP contribution in [0.5, 0.6) is 0 Å². The van der Waals surface area contributed by atoms with Crippen molar-refractivity contribution in [3.05, 3.63) is 0 Å². The van der Waals surface area contributed by atoms with Gasteiger partial charge in [0.25, 0.3) is 0 Å². The normalized spacial score (nSPS) is 12.5. The van der Waals surface area contributed by atoms with Crippen LogP contribution in [0.3, 0.4) is 0 Å². The highest BCUT2D eigenvalue weighted by Crippen LogP contribution is 2.19. The minimum atomic E-state index is -0.763. The molecule has 66 heavy (non-hydrogen) atoms. The zero-order valence-corrected chi connectivity index (χ0v) is 45.3. The van der Waals surface area contributed by atoms with E-state index >= 15 is 0 Å². The maximum atomic E-state index is 12.9. The fourth-order valence-electron chi connectivity index (χ4n) is 9.20. The zero-order chi connectivity index (χ0) is 48.2. The monoisotopic (exact) mass is 933 g/mol. The van der Waals surface area contributed by atoms with Crippen molar-refractivity contribution in [2.75, 3.05) is 13.2 Å². The van der Waals surface area contributed by atoms with Gasteiger partial charge in [0.05, 0.1) is 0 Å². The van der Waals surface area contributed by atoms with Crippen LogP contribution in [0.2, 0.25) is 0 Å². The van der Waals surface area contributed by atoms with Gasteiger partial charge in [-0.3, -0.25) is 14.4 Å². The third-order valence-corrected chi connectivity index (χ3v) is 14.1. The van der Waals surface area contributed by atoms with Gasteiger partial charge in [-0.2, -0.15) is 0 Å². The number of ether oxygens (including phenoxy) is 3. The standard InChI is InChI=1S/C60H116O6/c1-6-8-9-10-11-12-13-14-15-16-17-22-25-32-37-42-47-52-60(63)66-57(54-65-59(62)51-46-41-36-31-27-26-29-34-39-44-49-56(5)7-2)53-64-58(61)50-45-40-35-30-24-21-19-18-20-23-28-33-38-43-48-55(3)4/h55-57H,6-54H2,1-5H3/t56?,57-/m1/s1. The molecule has 0 aliphatic rings. The number of unbranched alkanes of at least 4 members (excludes halogenated alkanes) is 38. The van der Waals surface area contributed by atoms with E-state index in [2.05, 4.69) is 34.6 Å². The highest BCUT2D eigenvalue weighted by molar-refractivity contribution is 5.71. The van der Waals surface area contributed by atoms with Crippen LogP contribution >= 0.6 is 0 Å². The van der Waals surface area contributed by atoms with Gasteiger partial charge in [-0.25, -0.2) is 0 Å². The van der Waals surface area contributed by atoms with Crippen molar-refractivity contribution in [3.63, 3.8) is 0 Å². The predicted molar refractivity (Wildman–Crippen MR) is 284 cm³/mol. The van der Waals surface area contributed by atoms with Crippen LogP contribution < -0.4 is 0 Å². The van der Waals surface area contributed by atoms with Crippen molar-refractivity contribution in [3.8, 4) is 0 Å². The van der Waals surface area contributed by atoms with Gasteiger partial charge < -0.3 is 14.2 Å². The van der Waals surface area contributed by atoms with E-state index in [-0.39, 0.29) is 31.1 Å². The molecule has 0 amide bonds. The third-order valence-electron chi connectivity index (χ3n) is 14.1. The number of carbonyl (C=O) groups excluding carboxylic acids is 3. The molecular formula is C60H116O6. The molecule has 392 valence electrons. The fourth-order valence-corrected chi connectivity index (χ4v) is 9.20. The summed E-state index contributed by atoms with van der Waals surface area (Å²) in [6.07, 6.45) is 56.6. The van der Waals surface area contributed by atoms with E-state index in [1.807, 2.05) is 0 Å². The second-order valence-corrected chi connectivity index (χ2v) is 21.4. The summed E-state index contributed by atoms with van der Waals surface area (Å²) >= 11 is 0. The molecule has 2 atom stereocenters. The molecule has 0 aliphatic heterocycles. The lowest BCUT2D eigenvalue weighted by molar-refractivity contribution is -0.167. The predicted octanol–water partition coefficient (Wildman–Crippen LogP) is 19.7. The Hall–Kier alpha value is -1.59. The van der Waals surface area contributed by atoms with Gasteiger partial charge >= 0.3 is 17.9 Å². The largest absolute Gasteiger partial charge is 0.462 e. The molecule has 1 unspecified atom stereocenters. The van der Waals surface area contributed by atoms with E-state index in [0.29, 0.717) is 19.3 Å². The third kappa shape index (κ3) is 51.8. The van der Waals surface area contributed by atoms with Gasteiger partial charge in [-0.05, 0) is 31.1 Å². The second-order valence-electron chi connectivity index (χ2n) is 21.4. The van der Waals surface area contributed by atoms with E-state index in [0.717, 1.165) is 69.6 Å². The molecule has 0 aromatic heterocycles. The highest BCUT2D eigenvalue weighted by Gasteiger charge is 2.19. The molecule has 0 N–H and O–H groups in total. The maximum Gasteiger partial charge on any atom is 0.306 e. The van der Waals surface area contributed by atoms with Crippen molar-refractivity contribution >= 4 is 17.9 Å². The van der Waals surface area contributed by atoms with E-state index in [1.54, 1.807) is 0 Å². The van der Waals surface area contributed by atoms with Crippen molar-refractivity contribution in [2.24, 2.45) is 11.8 Å². The van der Waals surface area contributed by atoms with Crippen LogP contribution in [0.1, 0.15) is 336 Å². The summed E-state index contributed by atoms with van der Waals surface area (Å²) in [5, 5.41) is 0. The molecule has 0 spiro atoms. The average molecular weight is 934 g/mol. The summed E-state index contributed by atoms with van der Waals surface area (Å²) in [5.41, 5.74) is 0. The van der Waals surface area contributed by atoms with Crippen LogP contribution in [0.15, 0.2) is 0 Å². The second kappa shape index (κ2) is 52.8. The minimum Gasteiger partial charge on any atom is -0.462 e. The number of hydrogen-bond acceptors (Lipinski definition) is 6. The Morgan fingerprint density at radius 2 is 0.576 bits per heavy atom. The average Bonchev–Trinajstić information content (AvgIpc) is 3.30. The molecule has 0 bridgehead atoms. The lowest BCUT2D eigenvalue weighted by atomic mass is 9.99. The molecule has 0 rings (SSSR count). The molecule has 6 nitrogen and oxygen atoms in total. The Bertz CT molecular complexity index is 1010. The van der Waals surface area contributed by atoms with Gasteiger partial charge in [-0.15, -0.1) is 0 Å². The molecular weight excluding hydrogens is 817 g/mol. The number of esters is 3. The molecule has 0 fully saturated rings. The van der Waals surface area contributed by atoms with Gasteiger partial charge in [0.15, 0.2) is 6.10 Å². The van der Waals surface area contributed by atoms with Crippen LogP contribution in [-0.2, 0) is 28.6 Å². The minimum absolute atomic E-state index is 0.0626. The first-order chi connectivity index (χ1) is 32.3. The van der Waals surface area contributed by atoms with Crippen molar-refractivity contribution in [1.82, 2.24) is 0 Å². The molecule has 0 aromatic rings. The first kappa shape index (κ1) is 64.4. The van der Waals surface area contributed by atoms with Crippen molar-refractivity contribution in [1.29, 1.82) is 0 Å². The summed E-state index contributed by atoms with van der Waals surface area (Å²) in [4.78, 5) is 38.2. The molecule has 0 radical (unpaired) electrons. The zero-order valence-electron chi connectivity index (χ0n) is 45.3. The van der Waals surface area contributed by atoms with Crippen molar-refractivity contribution in [2.45, 2.75) is 343 Å². The van der Waals surface area contributed by atoms with Crippen LogP contribution in [0.4, 0.5) is 0 Å². The first-order valence-electron chi connectivity index (χ1n) is 29.8. The summed E-state index contributed by atoms with van der Waals surface area (Å²) in [6, 6.07) is 0. The molecule has 0 saturated carbocycles. The maximum absolute atomic E-state index is 12.9. The lowest BCUT2D eigenvalue weighted by Gasteiger charge is -2.18. The van der Waals surface area contributed by atoms with Crippen LogP contribution in [0.25, 0.3) is 0 Å². The smallest absolute Gasteiger partial charge is 0.306 e. The summed E-state index contributed by atoms with van der Waals surface area (Å²) in [5.74, 6) is 0.877. The Kier molecular flexibility index (Phi) is 51.5. The SMILES string of the molecule is CCCCCCCCCCCCCCCCCCCC(=O)O[C@H](COC(=O)CCCCCCCCCCCCCCCCC(C)C)COC(=O)CCCCCCCCCCCCC(C)CC.